The fourth-order valence-electron chi connectivity index (χ4n) is 3.66. The van der Waals surface area contributed by atoms with Gasteiger partial charge in [0.15, 0.2) is 23.6 Å². The minimum Gasteiger partial charge on any atom is -0.497 e. The lowest BCUT2D eigenvalue weighted by Crippen LogP contribution is -2.40. The molecule has 1 saturated heterocycles. The second-order valence-electron chi connectivity index (χ2n) is 6.91. The average molecular weight is 410 g/mol. The van der Waals surface area contributed by atoms with E-state index in [1.807, 2.05) is 24.3 Å². The van der Waals surface area contributed by atoms with E-state index in [4.69, 9.17) is 14.2 Å². The van der Waals surface area contributed by atoms with Gasteiger partial charge in [-0.2, -0.15) is 5.11 Å². The van der Waals surface area contributed by atoms with Gasteiger partial charge in [-0.15, -0.1) is 0 Å². The van der Waals surface area contributed by atoms with Crippen LogP contribution in [0, 0.1) is 0 Å². The Kier molecular flexibility index (Phi) is 5.26. The molecule has 0 saturated carbocycles. The smallest absolute Gasteiger partial charge is 0.263 e. The van der Waals surface area contributed by atoms with E-state index in [2.05, 4.69) is 10.3 Å². The Hall–Kier alpha value is -3.62. The molecule has 2 aromatic carbocycles. The molecule has 0 bridgehead atoms. The topological polar surface area (TPSA) is 93.0 Å². The first-order chi connectivity index (χ1) is 14.6. The largest absolute Gasteiger partial charge is 0.497 e. The quantitative estimate of drug-likeness (QED) is 0.650. The fourth-order valence-corrected chi connectivity index (χ4v) is 3.66. The molecule has 0 unspecified atom stereocenters. The van der Waals surface area contributed by atoms with Gasteiger partial charge in [0.1, 0.15) is 5.75 Å². The normalized spacial score (nSPS) is 20.0. The number of amides is 2. The molecule has 0 spiro atoms. The zero-order valence-corrected chi connectivity index (χ0v) is 16.9. The maximum absolute atomic E-state index is 13.1. The van der Waals surface area contributed by atoms with Gasteiger partial charge in [-0.1, -0.05) is 17.4 Å². The molecule has 2 aliphatic rings. The number of rotatable bonds is 7. The van der Waals surface area contributed by atoms with Crippen molar-refractivity contribution in [1.29, 1.82) is 0 Å². The van der Waals surface area contributed by atoms with E-state index in [0.29, 0.717) is 30.2 Å². The van der Waals surface area contributed by atoms with Crippen LogP contribution in [0.1, 0.15) is 5.56 Å². The van der Waals surface area contributed by atoms with E-state index in [1.54, 1.807) is 30.3 Å². The van der Waals surface area contributed by atoms with Crippen LogP contribution in [0.2, 0.25) is 0 Å². The number of hydrogen-bond donors (Lipinski definition) is 0. The minimum atomic E-state index is -0.832. The highest BCUT2D eigenvalue weighted by atomic mass is 16.5. The van der Waals surface area contributed by atoms with Crippen LogP contribution < -0.4 is 19.1 Å². The predicted molar refractivity (Wildman–Crippen MR) is 108 cm³/mol. The average Bonchev–Trinajstić information content (AvgIpc) is 3.31. The Morgan fingerprint density at radius 3 is 2.30 bits per heavy atom. The van der Waals surface area contributed by atoms with Crippen LogP contribution in [0.15, 0.2) is 52.8 Å². The SMILES string of the molecule is COc1ccc(CCN2N=N[C@H]3C(=O)N(c4ccc(OC)c(OC)c4)C(=O)[C@@H]32)cc1. The van der Waals surface area contributed by atoms with E-state index in [1.165, 1.54) is 14.2 Å². The molecule has 9 nitrogen and oxygen atoms in total. The van der Waals surface area contributed by atoms with Crippen LogP contribution in [-0.2, 0) is 16.0 Å². The molecule has 156 valence electrons. The zero-order valence-electron chi connectivity index (χ0n) is 16.9. The van der Waals surface area contributed by atoms with Gasteiger partial charge in [0.25, 0.3) is 11.8 Å². The first kappa shape index (κ1) is 19.7. The molecule has 2 aliphatic heterocycles. The summed E-state index contributed by atoms with van der Waals surface area (Å²) in [6, 6.07) is 11.0. The number of nitrogens with zero attached hydrogens (tertiary/aromatic N) is 4. The van der Waals surface area contributed by atoms with Crippen molar-refractivity contribution >= 4 is 17.5 Å². The standard InChI is InChI=1S/C21H22N4O5/c1-28-15-7-4-13(5-8-15)10-11-24-19-18(22-23-24)20(26)25(21(19)27)14-6-9-16(29-2)17(12-14)30-3/h4-9,12,18-19H,10-11H2,1-3H3/t18-,19-/m1/s1. The van der Waals surface area contributed by atoms with Crippen molar-refractivity contribution in [3.63, 3.8) is 0 Å². The first-order valence-corrected chi connectivity index (χ1v) is 9.47. The molecule has 30 heavy (non-hydrogen) atoms. The van der Waals surface area contributed by atoms with Gasteiger partial charge in [-0.3, -0.25) is 14.6 Å². The van der Waals surface area contributed by atoms with Crippen molar-refractivity contribution in [3.8, 4) is 17.2 Å². The first-order valence-electron chi connectivity index (χ1n) is 9.47. The van der Waals surface area contributed by atoms with Gasteiger partial charge in [0.2, 0.25) is 0 Å². The second-order valence-corrected chi connectivity index (χ2v) is 6.91. The summed E-state index contributed by atoms with van der Waals surface area (Å²) in [5, 5.41) is 9.74. The van der Waals surface area contributed by atoms with E-state index in [-0.39, 0.29) is 5.91 Å². The lowest BCUT2D eigenvalue weighted by atomic mass is 10.1. The minimum absolute atomic E-state index is 0.350. The van der Waals surface area contributed by atoms with Gasteiger partial charge < -0.3 is 14.2 Å². The molecule has 0 N–H and O–H groups in total. The summed E-state index contributed by atoms with van der Waals surface area (Å²) >= 11 is 0. The van der Waals surface area contributed by atoms with Crippen LogP contribution in [-0.4, -0.2) is 56.8 Å². The van der Waals surface area contributed by atoms with E-state index in [0.717, 1.165) is 16.2 Å². The third-order valence-electron chi connectivity index (χ3n) is 5.27. The molecular weight excluding hydrogens is 388 g/mol. The van der Waals surface area contributed by atoms with Gasteiger partial charge in [-0.25, -0.2) is 4.90 Å². The molecule has 2 amide bonds. The van der Waals surface area contributed by atoms with Gasteiger partial charge >= 0.3 is 0 Å². The van der Waals surface area contributed by atoms with Crippen molar-refractivity contribution in [1.82, 2.24) is 5.01 Å². The molecule has 2 heterocycles. The number of carbonyl (C=O) groups is 2. The molecule has 2 aromatic rings. The molecule has 1 fully saturated rings. The van der Waals surface area contributed by atoms with E-state index >= 15 is 0 Å². The number of anilines is 1. The number of benzene rings is 2. The molecule has 2 atom stereocenters. The molecule has 0 radical (unpaired) electrons. The highest BCUT2D eigenvalue weighted by Gasteiger charge is 2.54. The molecular formula is C21H22N4O5. The van der Waals surface area contributed by atoms with Crippen LogP contribution >= 0.6 is 0 Å². The number of methoxy groups -OCH3 is 3. The Morgan fingerprint density at radius 1 is 0.900 bits per heavy atom. The van der Waals surface area contributed by atoms with Gasteiger partial charge in [0.05, 0.1) is 27.0 Å². The van der Waals surface area contributed by atoms with Crippen LogP contribution in [0.5, 0.6) is 17.2 Å². The number of imide groups is 1. The molecule has 0 aromatic heterocycles. The summed E-state index contributed by atoms with van der Waals surface area (Å²) in [6.45, 7) is 0.468. The van der Waals surface area contributed by atoms with Crippen molar-refractivity contribution in [2.45, 2.75) is 18.5 Å². The maximum Gasteiger partial charge on any atom is 0.263 e. The van der Waals surface area contributed by atoms with Crippen LogP contribution in [0.25, 0.3) is 0 Å². The van der Waals surface area contributed by atoms with Crippen molar-refractivity contribution in [2.75, 3.05) is 32.8 Å². The summed E-state index contributed by atoms with van der Waals surface area (Å²) in [7, 11) is 4.64. The molecule has 4 rings (SSSR count). The van der Waals surface area contributed by atoms with E-state index < -0.39 is 18.0 Å². The third kappa shape index (κ3) is 3.32. The maximum atomic E-state index is 13.1. The molecule has 9 heteroatoms. The van der Waals surface area contributed by atoms with E-state index in [9.17, 15) is 9.59 Å². The highest BCUT2D eigenvalue weighted by molar-refractivity contribution is 6.25. The predicted octanol–water partition coefficient (Wildman–Crippen LogP) is 2.25. The lowest BCUT2D eigenvalue weighted by molar-refractivity contribution is -0.123. The number of ether oxygens (including phenoxy) is 3. The van der Waals surface area contributed by atoms with Gasteiger partial charge in [-0.05, 0) is 36.2 Å². The van der Waals surface area contributed by atoms with Gasteiger partial charge in [0, 0.05) is 12.6 Å². The highest BCUT2D eigenvalue weighted by Crippen LogP contribution is 2.36. The summed E-state index contributed by atoms with van der Waals surface area (Å²) in [6.07, 6.45) is 0.657. The van der Waals surface area contributed by atoms with Crippen molar-refractivity contribution in [2.24, 2.45) is 10.3 Å². The number of carbonyl (C=O) groups excluding carboxylic acids is 2. The lowest BCUT2D eigenvalue weighted by Gasteiger charge is -2.21. The fraction of sp³-hybridized carbons (Fsp3) is 0.333. The monoisotopic (exact) mass is 410 g/mol. The molecule has 0 aliphatic carbocycles. The summed E-state index contributed by atoms with van der Waals surface area (Å²) in [5.41, 5.74) is 1.49. The summed E-state index contributed by atoms with van der Waals surface area (Å²) in [5.74, 6) is 0.985. The van der Waals surface area contributed by atoms with Crippen molar-refractivity contribution < 1.29 is 23.8 Å². The summed E-state index contributed by atoms with van der Waals surface area (Å²) < 4.78 is 15.7. The zero-order chi connectivity index (χ0) is 21.3. The Balaban J connectivity index is 1.50. The van der Waals surface area contributed by atoms with Crippen molar-refractivity contribution in [3.05, 3.63) is 48.0 Å². The Labute approximate surface area is 173 Å². The Morgan fingerprint density at radius 2 is 1.63 bits per heavy atom. The van der Waals surface area contributed by atoms with Crippen LogP contribution in [0.4, 0.5) is 5.69 Å². The summed E-state index contributed by atoms with van der Waals surface area (Å²) in [4.78, 5) is 27.1. The Bertz CT molecular complexity index is 991. The number of hydrogen-bond acceptors (Lipinski definition) is 8. The van der Waals surface area contributed by atoms with Crippen LogP contribution in [0.3, 0.4) is 0 Å². The third-order valence-corrected chi connectivity index (χ3v) is 5.27. The number of fused-ring (bicyclic) bond motifs is 1. The second kappa shape index (κ2) is 8.02.